The van der Waals surface area contributed by atoms with Crippen molar-refractivity contribution in [3.8, 4) is 0 Å². The highest BCUT2D eigenvalue weighted by molar-refractivity contribution is 5.07. The monoisotopic (exact) mass is 140 g/mol. The van der Waals surface area contributed by atoms with Crippen molar-refractivity contribution in [2.45, 2.75) is 13.8 Å². The lowest BCUT2D eigenvalue weighted by Gasteiger charge is -2.26. The second-order valence-electron chi connectivity index (χ2n) is 3.15. The first kappa shape index (κ1) is 7.61. The van der Waals surface area contributed by atoms with Gasteiger partial charge >= 0.3 is 0 Å². The van der Waals surface area contributed by atoms with Gasteiger partial charge in [0.25, 0.3) is 0 Å². The minimum Gasteiger partial charge on any atom is -0.313 e. The Morgan fingerprint density at radius 3 is 2.20 bits per heavy atom. The number of likely N-dealkylation sites (N-methyl/N-ethyl adjacent to an activating group) is 1. The van der Waals surface area contributed by atoms with E-state index in [1.807, 2.05) is 0 Å². The molecule has 0 aromatic carbocycles. The summed E-state index contributed by atoms with van der Waals surface area (Å²) in [5.41, 5.74) is 1.43. The molecule has 0 radical (unpaired) electrons. The molecule has 0 saturated carbocycles. The second kappa shape index (κ2) is 2.62. The second-order valence-corrected chi connectivity index (χ2v) is 3.15. The van der Waals surface area contributed by atoms with Gasteiger partial charge in [-0.1, -0.05) is 13.8 Å². The van der Waals surface area contributed by atoms with Crippen molar-refractivity contribution >= 4 is 0 Å². The summed E-state index contributed by atoms with van der Waals surface area (Å²) in [6.07, 6.45) is 2.28. The van der Waals surface area contributed by atoms with Crippen LogP contribution in [-0.2, 0) is 0 Å². The van der Waals surface area contributed by atoms with E-state index in [0.717, 1.165) is 6.54 Å². The molecule has 0 amide bonds. The lowest BCUT2D eigenvalue weighted by atomic mass is 10.1. The van der Waals surface area contributed by atoms with Crippen molar-refractivity contribution in [2.75, 3.05) is 20.6 Å². The minimum absolute atomic E-state index is 0.648. The summed E-state index contributed by atoms with van der Waals surface area (Å²) in [6.45, 7) is 5.51. The quantitative estimate of drug-likeness (QED) is 0.542. The Labute approximate surface area is 63.1 Å². The van der Waals surface area contributed by atoms with E-state index in [4.69, 9.17) is 0 Å². The van der Waals surface area contributed by atoms with E-state index in [1.54, 1.807) is 0 Å². The zero-order valence-corrected chi connectivity index (χ0v) is 7.26. The molecule has 0 aliphatic carbocycles. The van der Waals surface area contributed by atoms with Crippen molar-refractivity contribution in [3.05, 3.63) is 11.8 Å². The molecule has 2 heteroatoms. The molecular weight excluding hydrogens is 124 g/mol. The average Bonchev–Trinajstić information content (AvgIpc) is 2.14. The first-order valence-electron chi connectivity index (χ1n) is 3.77. The molecule has 0 aromatic rings. The third-order valence-electron chi connectivity index (χ3n) is 2.04. The predicted molar refractivity (Wildman–Crippen MR) is 43.3 cm³/mol. The van der Waals surface area contributed by atoms with Crippen molar-refractivity contribution in [1.29, 1.82) is 0 Å². The van der Waals surface area contributed by atoms with Crippen LogP contribution in [0.15, 0.2) is 11.8 Å². The van der Waals surface area contributed by atoms with Gasteiger partial charge in [-0.25, -0.2) is 5.01 Å². The largest absolute Gasteiger partial charge is 0.313 e. The zero-order valence-electron chi connectivity index (χ0n) is 7.26. The van der Waals surface area contributed by atoms with E-state index in [1.165, 1.54) is 5.70 Å². The van der Waals surface area contributed by atoms with Gasteiger partial charge in [-0.15, -0.1) is 0 Å². The first-order chi connectivity index (χ1) is 4.63. The molecule has 2 nitrogen and oxygen atoms in total. The Kier molecular flexibility index (Phi) is 2.00. The van der Waals surface area contributed by atoms with E-state index >= 15 is 0 Å². The molecule has 1 aliphatic heterocycles. The van der Waals surface area contributed by atoms with Gasteiger partial charge in [0, 0.05) is 26.3 Å². The smallest absolute Gasteiger partial charge is 0.0378 e. The highest BCUT2D eigenvalue weighted by atomic mass is 15.6. The topological polar surface area (TPSA) is 6.48 Å². The molecule has 0 N–H and O–H groups in total. The molecule has 1 heterocycles. The summed E-state index contributed by atoms with van der Waals surface area (Å²) >= 11 is 0. The van der Waals surface area contributed by atoms with E-state index in [0.29, 0.717) is 5.92 Å². The van der Waals surface area contributed by atoms with E-state index < -0.39 is 0 Å². The van der Waals surface area contributed by atoms with Crippen molar-refractivity contribution in [2.24, 2.45) is 5.92 Å². The van der Waals surface area contributed by atoms with Gasteiger partial charge in [-0.2, -0.15) is 0 Å². The van der Waals surface area contributed by atoms with Crippen LogP contribution in [0, 0.1) is 5.92 Å². The van der Waals surface area contributed by atoms with Crippen LogP contribution in [0.1, 0.15) is 13.8 Å². The predicted octanol–water partition coefficient (Wildman–Crippen LogP) is 1.32. The maximum Gasteiger partial charge on any atom is 0.0378 e. The first-order valence-corrected chi connectivity index (χ1v) is 3.77. The van der Waals surface area contributed by atoms with Crippen LogP contribution >= 0.6 is 0 Å². The van der Waals surface area contributed by atoms with Gasteiger partial charge in [0.15, 0.2) is 0 Å². The fourth-order valence-corrected chi connectivity index (χ4v) is 1.29. The third-order valence-corrected chi connectivity index (χ3v) is 2.04. The molecule has 1 aliphatic rings. The highest BCUT2D eigenvalue weighted by Crippen LogP contribution is 2.19. The van der Waals surface area contributed by atoms with E-state index in [-0.39, 0.29) is 0 Å². The van der Waals surface area contributed by atoms with E-state index in [2.05, 4.69) is 44.0 Å². The Hall–Kier alpha value is -0.500. The van der Waals surface area contributed by atoms with Gasteiger partial charge in [0.1, 0.15) is 0 Å². The number of nitrogens with zero attached hydrogens (tertiary/aromatic N) is 2. The van der Waals surface area contributed by atoms with Gasteiger partial charge in [-0.05, 0) is 12.0 Å². The molecule has 0 atom stereocenters. The number of hydrazine groups is 1. The Balaban J connectivity index is 2.62. The molecular formula is C8H16N2. The standard InChI is InChI=1S/C8H16N2/c1-7(2)8-5-6-9(3)10(8)4/h5,7H,6H2,1-4H3. The van der Waals surface area contributed by atoms with Gasteiger partial charge in [0.05, 0.1) is 0 Å². The Morgan fingerprint density at radius 1 is 1.40 bits per heavy atom. The summed E-state index contributed by atoms with van der Waals surface area (Å²) in [6, 6.07) is 0. The number of hydrogen-bond donors (Lipinski definition) is 0. The maximum absolute atomic E-state index is 2.28. The summed E-state index contributed by atoms with van der Waals surface area (Å²) in [5.74, 6) is 0.648. The van der Waals surface area contributed by atoms with Crippen molar-refractivity contribution in [1.82, 2.24) is 10.0 Å². The fraction of sp³-hybridized carbons (Fsp3) is 0.750. The molecule has 1 rings (SSSR count). The molecule has 0 unspecified atom stereocenters. The molecule has 0 fully saturated rings. The summed E-state index contributed by atoms with van der Waals surface area (Å²) in [5, 5.41) is 4.42. The van der Waals surface area contributed by atoms with Crippen molar-refractivity contribution < 1.29 is 0 Å². The Bertz CT molecular complexity index is 149. The fourth-order valence-electron chi connectivity index (χ4n) is 1.29. The normalized spacial score (nSPS) is 20.5. The van der Waals surface area contributed by atoms with Crippen LogP contribution < -0.4 is 0 Å². The van der Waals surface area contributed by atoms with Gasteiger partial charge < -0.3 is 5.01 Å². The van der Waals surface area contributed by atoms with Crippen LogP contribution in [0.5, 0.6) is 0 Å². The lowest BCUT2D eigenvalue weighted by molar-refractivity contribution is 0.0925. The number of allylic oxidation sites excluding steroid dienone is 1. The van der Waals surface area contributed by atoms with Gasteiger partial charge in [-0.3, -0.25) is 0 Å². The van der Waals surface area contributed by atoms with Crippen LogP contribution in [0.2, 0.25) is 0 Å². The highest BCUT2D eigenvalue weighted by Gasteiger charge is 2.17. The Morgan fingerprint density at radius 2 is 2.00 bits per heavy atom. The number of rotatable bonds is 1. The summed E-state index contributed by atoms with van der Waals surface area (Å²) < 4.78 is 0. The zero-order chi connectivity index (χ0) is 7.72. The van der Waals surface area contributed by atoms with Crippen molar-refractivity contribution in [3.63, 3.8) is 0 Å². The molecule has 0 saturated heterocycles. The minimum atomic E-state index is 0.648. The van der Waals surface area contributed by atoms with E-state index in [9.17, 15) is 0 Å². The lowest BCUT2D eigenvalue weighted by Crippen LogP contribution is -2.31. The van der Waals surface area contributed by atoms with Crippen LogP contribution in [0.3, 0.4) is 0 Å². The molecule has 58 valence electrons. The number of hydrogen-bond acceptors (Lipinski definition) is 2. The molecule has 0 bridgehead atoms. The summed E-state index contributed by atoms with van der Waals surface area (Å²) in [4.78, 5) is 0. The molecule has 0 spiro atoms. The third kappa shape index (κ3) is 1.16. The average molecular weight is 140 g/mol. The summed E-state index contributed by atoms with van der Waals surface area (Å²) in [7, 11) is 4.21. The maximum atomic E-state index is 2.28. The van der Waals surface area contributed by atoms with Crippen LogP contribution in [0.25, 0.3) is 0 Å². The molecule has 10 heavy (non-hydrogen) atoms. The van der Waals surface area contributed by atoms with Gasteiger partial charge in [0.2, 0.25) is 0 Å². The van der Waals surface area contributed by atoms with Crippen LogP contribution in [0.4, 0.5) is 0 Å². The van der Waals surface area contributed by atoms with Crippen LogP contribution in [-0.4, -0.2) is 30.7 Å². The molecule has 0 aromatic heterocycles. The SMILES string of the molecule is CC(C)C1=CCN(C)N1C.